The first kappa shape index (κ1) is 14.9. The lowest BCUT2D eigenvalue weighted by Crippen LogP contribution is -2.20. The minimum Gasteiger partial charge on any atom is -0.478 e. The molecular formula is C14H17NO4. The highest BCUT2D eigenvalue weighted by Gasteiger charge is 2.17. The molecule has 0 spiro atoms. The standard InChI is InChI=1S/C14H17NO4/c1-15(2)8-12(14(17)18)13(16)10-19-9-11-6-4-3-5-7-11/h3-8H,9-10H2,1-2H3,(H,17,18)/b12-8+. The van der Waals surface area contributed by atoms with E-state index in [9.17, 15) is 9.59 Å². The molecule has 0 atom stereocenters. The average Bonchev–Trinajstić information content (AvgIpc) is 2.36. The molecule has 19 heavy (non-hydrogen) atoms. The molecule has 1 aromatic rings. The molecule has 0 saturated carbocycles. The van der Waals surface area contributed by atoms with Crippen molar-refractivity contribution in [3.63, 3.8) is 0 Å². The fourth-order valence-corrected chi connectivity index (χ4v) is 1.42. The number of carboxylic acids is 1. The largest absolute Gasteiger partial charge is 0.478 e. The Labute approximate surface area is 112 Å². The summed E-state index contributed by atoms with van der Waals surface area (Å²) < 4.78 is 5.22. The molecule has 0 fully saturated rings. The molecule has 0 aliphatic carbocycles. The zero-order chi connectivity index (χ0) is 14.3. The van der Waals surface area contributed by atoms with Crippen LogP contribution in [0.15, 0.2) is 42.1 Å². The van der Waals surface area contributed by atoms with Crippen LogP contribution in [0.25, 0.3) is 0 Å². The molecule has 0 unspecified atom stereocenters. The van der Waals surface area contributed by atoms with Crippen LogP contribution in [0.2, 0.25) is 0 Å². The second-order valence-electron chi connectivity index (χ2n) is 4.21. The number of ether oxygens (including phenoxy) is 1. The molecule has 0 bridgehead atoms. The van der Waals surface area contributed by atoms with Gasteiger partial charge in [-0.05, 0) is 5.56 Å². The van der Waals surface area contributed by atoms with Crippen molar-refractivity contribution >= 4 is 11.8 Å². The maximum Gasteiger partial charge on any atom is 0.340 e. The van der Waals surface area contributed by atoms with Gasteiger partial charge in [0.15, 0.2) is 5.78 Å². The van der Waals surface area contributed by atoms with Crippen LogP contribution in [-0.2, 0) is 20.9 Å². The lowest BCUT2D eigenvalue weighted by Gasteiger charge is -2.08. The van der Waals surface area contributed by atoms with Crippen LogP contribution in [0.3, 0.4) is 0 Å². The summed E-state index contributed by atoms with van der Waals surface area (Å²) in [5.41, 5.74) is 0.654. The number of carbonyl (C=O) groups excluding carboxylic acids is 1. The molecule has 5 heteroatoms. The number of Topliss-reactive ketones (excluding diaryl/α,β-unsaturated/α-hetero) is 1. The molecule has 0 aliphatic rings. The van der Waals surface area contributed by atoms with Crippen LogP contribution >= 0.6 is 0 Å². The van der Waals surface area contributed by atoms with E-state index in [1.807, 2.05) is 30.3 Å². The second-order valence-corrected chi connectivity index (χ2v) is 4.21. The summed E-state index contributed by atoms with van der Waals surface area (Å²) in [5.74, 6) is -1.79. The predicted octanol–water partition coefficient (Wildman–Crippen LogP) is 1.30. The summed E-state index contributed by atoms with van der Waals surface area (Å²) in [6.45, 7) is 0.0301. The van der Waals surface area contributed by atoms with Gasteiger partial charge in [-0.2, -0.15) is 0 Å². The number of hydrogen-bond donors (Lipinski definition) is 1. The van der Waals surface area contributed by atoms with Crippen LogP contribution in [0.4, 0.5) is 0 Å². The number of ketones is 1. The number of carboxylic acid groups (broad SMARTS) is 1. The molecule has 0 saturated heterocycles. The van der Waals surface area contributed by atoms with Gasteiger partial charge in [-0.3, -0.25) is 4.79 Å². The van der Waals surface area contributed by atoms with Gasteiger partial charge in [0.1, 0.15) is 12.2 Å². The highest BCUT2D eigenvalue weighted by Crippen LogP contribution is 2.03. The molecule has 0 heterocycles. The third kappa shape index (κ3) is 5.35. The molecule has 1 aromatic carbocycles. The van der Waals surface area contributed by atoms with Crippen molar-refractivity contribution in [1.82, 2.24) is 4.90 Å². The van der Waals surface area contributed by atoms with E-state index in [2.05, 4.69) is 0 Å². The zero-order valence-electron chi connectivity index (χ0n) is 11.0. The number of rotatable bonds is 7. The fourth-order valence-electron chi connectivity index (χ4n) is 1.42. The molecule has 0 aliphatic heterocycles. The summed E-state index contributed by atoms with van der Waals surface area (Å²) in [7, 11) is 3.31. The SMILES string of the molecule is CN(C)/C=C(/C(=O)O)C(=O)COCc1ccccc1. The summed E-state index contributed by atoms with van der Waals surface area (Å²) in [5, 5.41) is 8.94. The van der Waals surface area contributed by atoms with E-state index in [1.54, 1.807) is 14.1 Å². The van der Waals surface area contributed by atoms with E-state index in [0.29, 0.717) is 0 Å². The smallest absolute Gasteiger partial charge is 0.340 e. The Kier molecular flexibility index (Phi) is 5.75. The monoisotopic (exact) mass is 263 g/mol. The lowest BCUT2D eigenvalue weighted by molar-refractivity contribution is -0.135. The first-order valence-corrected chi connectivity index (χ1v) is 5.77. The van der Waals surface area contributed by atoms with Crippen LogP contribution in [0, 0.1) is 0 Å². The number of carbonyl (C=O) groups is 2. The molecule has 102 valence electrons. The van der Waals surface area contributed by atoms with Crippen molar-refractivity contribution in [2.24, 2.45) is 0 Å². The van der Waals surface area contributed by atoms with E-state index in [4.69, 9.17) is 9.84 Å². The average molecular weight is 263 g/mol. The van der Waals surface area contributed by atoms with E-state index in [1.165, 1.54) is 11.1 Å². The fraction of sp³-hybridized carbons (Fsp3) is 0.286. The minimum absolute atomic E-state index is 0.249. The summed E-state index contributed by atoms with van der Waals surface area (Å²) in [4.78, 5) is 24.2. The van der Waals surface area contributed by atoms with Gasteiger partial charge in [0.2, 0.25) is 0 Å². The molecule has 0 radical (unpaired) electrons. The van der Waals surface area contributed by atoms with Gasteiger partial charge in [0.25, 0.3) is 0 Å². The van der Waals surface area contributed by atoms with Crippen LogP contribution < -0.4 is 0 Å². The van der Waals surface area contributed by atoms with Crippen LogP contribution in [0.1, 0.15) is 5.56 Å². The topological polar surface area (TPSA) is 66.8 Å². The summed E-state index contributed by atoms with van der Waals surface area (Å²) >= 11 is 0. The Bertz CT molecular complexity index is 466. The van der Waals surface area contributed by atoms with Gasteiger partial charge in [-0.1, -0.05) is 30.3 Å². The Morgan fingerprint density at radius 2 is 1.89 bits per heavy atom. The van der Waals surface area contributed by atoms with Crippen molar-refractivity contribution < 1.29 is 19.4 Å². The molecule has 0 aromatic heterocycles. The lowest BCUT2D eigenvalue weighted by atomic mass is 10.2. The first-order valence-electron chi connectivity index (χ1n) is 5.77. The second kappa shape index (κ2) is 7.33. The van der Waals surface area contributed by atoms with Crippen LogP contribution in [0.5, 0.6) is 0 Å². The predicted molar refractivity (Wildman–Crippen MR) is 70.5 cm³/mol. The Balaban J connectivity index is 2.52. The van der Waals surface area contributed by atoms with E-state index in [-0.39, 0.29) is 18.8 Å². The number of aliphatic carboxylic acids is 1. The van der Waals surface area contributed by atoms with E-state index < -0.39 is 11.8 Å². The third-order valence-corrected chi connectivity index (χ3v) is 2.26. The zero-order valence-corrected chi connectivity index (χ0v) is 11.0. The minimum atomic E-state index is -1.25. The van der Waals surface area contributed by atoms with Gasteiger partial charge < -0.3 is 14.7 Å². The highest BCUT2D eigenvalue weighted by atomic mass is 16.5. The Hall–Kier alpha value is -2.14. The summed E-state index contributed by atoms with van der Waals surface area (Å²) in [6.07, 6.45) is 1.27. The maximum absolute atomic E-state index is 11.7. The van der Waals surface area contributed by atoms with Crippen molar-refractivity contribution in [2.45, 2.75) is 6.61 Å². The number of nitrogens with zero attached hydrogens (tertiary/aromatic N) is 1. The Morgan fingerprint density at radius 3 is 2.42 bits per heavy atom. The number of hydrogen-bond acceptors (Lipinski definition) is 4. The highest BCUT2D eigenvalue weighted by molar-refractivity contribution is 6.17. The van der Waals surface area contributed by atoms with E-state index in [0.717, 1.165) is 5.56 Å². The van der Waals surface area contributed by atoms with Crippen LogP contribution in [-0.4, -0.2) is 42.5 Å². The van der Waals surface area contributed by atoms with Gasteiger partial charge in [-0.15, -0.1) is 0 Å². The van der Waals surface area contributed by atoms with Gasteiger partial charge in [0, 0.05) is 20.3 Å². The van der Waals surface area contributed by atoms with Gasteiger partial charge in [0.05, 0.1) is 6.61 Å². The van der Waals surface area contributed by atoms with E-state index >= 15 is 0 Å². The molecule has 5 nitrogen and oxygen atoms in total. The van der Waals surface area contributed by atoms with Crippen molar-refractivity contribution in [1.29, 1.82) is 0 Å². The Morgan fingerprint density at radius 1 is 1.26 bits per heavy atom. The van der Waals surface area contributed by atoms with Crippen molar-refractivity contribution in [2.75, 3.05) is 20.7 Å². The molecule has 1 rings (SSSR count). The molecule has 1 N–H and O–H groups in total. The number of benzene rings is 1. The molecular weight excluding hydrogens is 246 g/mol. The first-order chi connectivity index (χ1) is 9.00. The van der Waals surface area contributed by atoms with Crippen molar-refractivity contribution in [3.8, 4) is 0 Å². The molecule has 0 amide bonds. The maximum atomic E-state index is 11.7. The summed E-state index contributed by atoms with van der Waals surface area (Å²) in [6, 6.07) is 9.37. The third-order valence-electron chi connectivity index (χ3n) is 2.26. The van der Waals surface area contributed by atoms with Crippen molar-refractivity contribution in [3.05, 3.63) is 47.7 Å². The van der Waals surface area contributed by atoms with Gasteiger partial charge >= 0.3 is 5.97 Å². The quantitative estimate of drug-likeness (QED) is 0.456. The normalized spacial score (nSPS) is 11.2. The van der Waals surface area contributed by atoms with Gasteiger partial charge in [-0.25, -0.2) is 4.79 Å².